The maximum atomic E-state index is 12.0. The van der Waals surface area contributed by atoms with E-state index in [2.05, 4.69) is 4.98 Å². The van der Waals surface area contributed by atoms with Crippen molar-refractivity contribution in [2.75, 3.05) is 6.54 Å². The number of hydrogen-bond acceptors (Lipinski definition) is 2. The second-order valence-corrected chi connectivity index (χ2v) is 4.33. The molecule has 0 saturated heterocycles. The average Bonchev–Trinajstić information content (AvgIpc) is 2.87. The van der Waals surface area contributed by atoms with Crippen molar-refractivity contribution in [1.29, 1.82) is 0 Å². The van der Waals surface area contributed by atoms with E-state index in [0.717, 1.165) is 6.42 Å². The van der Waals surface area contributed by atoms with Gasteiger partial charge < -0.3 is 14.6 Å². The van der Waals surface area contributed by atoms with Gasteiger partial charge in [-0.15, -0.1) is 0 Å². The van der Waals surface area contributed by atoms with Crippen molar-refractivity contribution in [2.45, 2.75) is 13.0 Å². The van der Waals surface area contributed by atoms with Gasteiger partial charge in [-0.05, 0) is 23.8 Å². The van der Waals surface area contributed by atoms with Crippen molar-refractivity contribution < 1.29 is 9.53 Å². The van der Waals surface area contributed by atoms with Gasteiger partial charge in [0.15, 0.2) is 0 Å². The molecule has 2 aromatic rings. The lowest BCUT2D eigenvalue weighted by molar-refractivity contribution is 0.147. The predicted octanol–water partition coefficient (Wildman–Crippen LogP) is 2.57. The van der Waals surface area contributed by atoms with Gasteiger partial charge in [0.05, 0.1) is 6.54 Å². The first-order chi connectivity index (χ1) is 8.83. The summed E-state index contributed by atoms with van der Waals surface area (Å²) in [6.07, 6.45) is 2.48. The van der Waals surface area contributed by atoms with Crippen LogP contribution in [0.3, 0.4) is 0 Å². The third-order valence-corrected chi connectivity index (χ3v) is 3.13. The molecule has 0 radical (unpaired) electrons. The van der Waals surface area contributed by atoms with E-state index in [4.69, 9.17) is 4.74 Å². The van der Waals surface area contributed by atoms with Crippen LogP contribution < -0.4 is 4.74 Å². The van der Waals surface area contributed by atoms with Gasteiger partial charge in [-0.1, -0.05) is 18.2 Å². The summed E-state index contributed by atoms with van der Waals surface area (Å²) in [6, 6.07) is 11.2. The number of benzene rings is 1. The van der Waals surface area contributed by atoms with Crippen molar-refractivity contribution in [1.82, 2.24) is 9.88 Å². The number of carbonyl (C=O) groups is 1. The smallest absolute Gasteiger partial charge is 0.410 e. The van der Waals surface area contributed by atoms with Crippen LogP contribution in [0.15, 0.2) is 42.6 Å². The lowest BCUT2D eigenvalue weighted by Crippen LogP contribution is -2.37. The zero-order chi connectivity index (χ0) is 12.4. The third-order valence-electron chi connectivity index (χ3n) is 3.13. The number of aromatic nitrogens is 1. The molecule has 1 aliphatic heterocycles. The van der Waals surface area contributed by atoms with Crippen LogP contribution in [0.5, 0.6) is 5.75 Å². The van der Waals surface area contributed by atoms with Gasteiger partial charge in [-0.3, -0.25) is 0 Å². The van der Waals surface area contributed by atoms with Crippen LogP contribution in [0.1, 0.15) is 11.3 Å². The zero-order valence-corrected chi connectivity index (χ0v) is 9.93. The topological polar surface area (TPSA) is 45.3 Å². The van der Waals surface area contributed by atoms with Crippen LogP contribution in [-0.4, -0.2) is 22.5 Å². The van der Waals surface area contributed by atoms with Crippen LogP contribution in [0.4, 0.5) is 4.79 Å². The van der Waals surface area contributed by atoms with Crippen molar-refractivity contribution in [3.05, 3.63) is 53.9 Å². The highest BCUT2D eigenvalue weighted by Crippen LogP contribution is 2.19. The summed E-state index contributed by atoms with van der Waals surface area (Å²) < 4.78 is 5.32. The quantitative estimate of drug-likeness (QED) is 0.835. The van der Waals surface area contributed by atoms with Crippen LogP contribution in [0.2, 0.25) is 0 Å². The molecule has 1 amide bonds. The van der Waals surface area contributed by atoms with Crippen molar-refractivity contribution in [3.8, 4) is 5.75 Å². The Morgan fingerprint density at radius 3 is 2.89 bits per heavy atom. The summed E-state index contributed by atoms with van der Waals surface area (Å²) in [5.41, 5.74) is 2.39. The van der Waals surface area contributed by atoms with Crippen molar-refractivity contribution in [3.63, 3.8) is 0 Å². The lowest BCUT2D eigenvalue weighted by Gasteiger charge is -2.26. The molecule has 0 spiro atoms. The molecular formula is C14H14N2O2. The molecule has 0 unspecified atom stereocenters. The Morgan fingerprint density at radius 1 is 1.22 bits per heavy atom. The van der Waals surface area contributed by atoms with Crippen molar-refractivity contribution >= 4 is 6.09 Å². The molecule has 3 rings (SSSR count). The molecular weight excluding hydrogens is 228 g/mol. The number of para-hydroxylation sites is 1. The first kappa shape index (κ1) is 10.9. The zero-order valence-electron chi connectivity index (χ0n) is 9.93. The third kappa shape index (κ3) is 2.09. The molecule has 1 aliphatic rings. The average molecular weight is 242 g/mol. The fourth-order valence-electron chi connectivity index (χ4n) is 2.16. The van der Waals surface area contributed by atoms with Gasteiger partial charge in [-0.25, -0.2) is 4.79 Å². The van der Waals surface area contributed by atoms with E-state index in [1.54, 1.807) is 17.0 Å². The maximum Gasteiger partial charge on any atom is 0.415 e. The monoisotopic (exact) mass is 242 g/mol. The Labute approximate surface area is 105 Å². The predicted molar refractivity (Wildman–Crippen MR) is 67.4 cm³/mol. The van der Waals surface area contributed by atoms with Gasteiger partial charge in [0.2, 0.25) is 0 Å². The van der Waals surface area contributed by atoms with E-state index in [-0.39, 0.29) is 6.09 Å². The SMILES string of the molecule is O=C(Oc1ccccc1)N1CCc2[nH]ccc2C1. The second-order valence-electron chi connectivity index (χ2n) is 4.33. The maximum absolute atomic E-state index is 12.0. The fraction of sp³-hybridized carbons (Fsp3) is 0.214. The summed E-state index contributed by atoms with van der Waals surface area (Å²) in [5, 5.41) is 0. The van der Waals surface area contributed by atoms with E-state index >= 15 is 0 Å². The second kappa shape index (κ2) is 4.56. The number of nitrogens with one attached hydrogen (secondary N) is 1. The molecule has 0 atom stereocenters. The molecule has 1 aromatic carbocycles. The number of nitrogens with zero attached hydrogens (tertiary/aromatic N) is 1. The summed E-state index contributed by atoms with van der Waals surface area (Å²) in [6.45, 7) is 1.31. The van der Waals surface area contributed by atoms with Gasteiger partial charge in [0.1, 0.15) is 5.75 Å². The number of amides is 1. The van der Waals surface area contributed by atoms with Gasteiger partial charge >= 0.3 is 6.09 Å². The first-order valence-corrected chi connectivity index (χ1v) is 6.00. The molecule has 1 N–H and O–H groups in total. The summed E-state index contributed by atoms with van der Waals surface area (Å²) in [4.78, 5) is 16.9. The molecule has 0 fully saturated rings. The van der Waals surface area contributed by atoms with E-state index < -0.39 is 0 Å². The first-order valence-electron chi connectivity index (χ1n) is 6.00. The molecule has 2 heterocycles. The summed E-state index contributed by atoms with van der Waals surface area (Å²) in [5.74, 6) is 0.586. The molecule has 0 bridgehead atoms. The normalized spacial score (nSPS) is 14.1. The largest absolute Gasteiger partial charge is 0.415 e. The van der Waals surface area contributed by atoms with Crippen molar-refractivity contribution in [2.24, 2.45) is 0 Å². The minimum absolute atomic E-state index is 0.284. The Morgan fingerprint density at radius 2 is 2.06 bits per heavy atom. The standard InChI is InChI=1S/C14H14N2O2/c17-14(18-12-4-2-1-3-5-12)16-9-7-13-11(10-16)6-8-15-13/h1-6,8,15H,7,9-10H2. The number of ether oxygens (including phenoxy) is 1. The Kier molecular flexibility index (Phi) is 2.76. The van der Waals surface area contributed by atoms with E-state index in [9.17, 15) is 4.79 Å². The number of fused-ring (bicyclic) bond motifs is 1. The van der Waals surface area contributed by atoms with Gasteiger partial charge in [0, 0.05) is 24.9 Å². The fourth-order valence-corrected chi connectivity index (χ4v) is 2.16. The molecule has 4 heteroatoms. The Balaban J connectivity index is 1.68. The molecule has 0 aliphatic carbocycles. The highest BCUT2D eigenvalue weighted by Gasteiger charge is 2.22. The number of rotatable bonds is 1. The van der Waals surface area contributed by atoms with E-state index in [1.807, 2.05) is 30.5 Å². The highest BCUT2D eigenvalue weighted by atomic mass is 16.6. The highest BCUT2D eigenvalue weighted by molar-refractivity contribution is 5.71. The van der Waals surface area contributed by atoms with Crippen LogP contribution in [0.25, 0.3) is 0 Å². The number of hydrogen-bond donors (Lipinski definition) is 1. The summed E-state index contributed by atoms with van der Waals surface area (Å²) >= 11 is 0. The van der Waals surface area contributed by atoms with Gasteiger partial charge in [0.25, 0.3) is 0 Å². The molecule has 4 nitrogen and oxygen atoms in total. The van der Waals surface area contributed by atoms with Crippen LogP contribution >= 0.6 is 0 Å². The van der Waals surface area contributed by atoms with E-state index in [0.29, 0.717) is 18.8 Å². The number of aromatic amines is 1. The van der Waals surface area contributed by atoms with Crippen LogP contribution in [0, 0.1) is 0 Å². The molecule has 1 aromatic heterocycles. The molecule has 18 heavy (non-hydrogen) atoms. The molecule has 0 saturated carbocycles. The Hall–Kier alpha value is -2.23. The Bertz CT molecular complexity index is 548. The van der Waals surface area contributed by atoms with Crippen LogP contribution in [-0.2, 0) is 13.0 Å². The van der Waals surface area contributed by atoms with E-state index in [1.165, 1.54) is 11.3 Å². The molecule has 92 valence electrons. The lowest BCUT2D eigenvalue weighted by atomic mass is 10.1. The summed E-state index contributed by atoms with van der Waals surface area (Å²) in [7, 11) is 0. The van der Waals surface area contributed by atoms with Gasteiger partial charge in [-0.2, -0.15) is 0 Å². The number of H-pyrrole nitrogens is 1. The minimum Gasteiger partial charge on any atom is -0.410 e. The number of carbonyl (C=O) groups excluding carboxylic acids is 1. The minimum atomic E-state index is -0.284.